The summed E-state index contributed by atoms with van der Waals surface area (Å²) in [7, 11) is 2.05. The molecule has 0 saturated heterocycles. The van der Waals surface area contributed by atoms with Crippen LogP contribution in [0, 0.1) is 12.3 Å². The number of thiazole rings is 1. The summed E-state index contributed by atoms with van der Waals surface area (Å²) in [5, 5.41) is 4.52. The van der Waals surface area contributed by atoms with Crippen LogP contribution in [0.3, 0.4) is 0 Å². The van der Waals surface area contributed by atoms with Crippen LogP contribution in [0.5, 0.6) is 0 Å². The summed E-state index contributed by atoms with van der Waals surface area (Å²) < 4.78 is 0. The summed E-state index contributed by atoms with van der Waals surface area (Å²) in [5.41, 5.74) is 0.549. The summed E-state index contributed by atoms with van der Waals surface area (Å²) >= 11 is 1.85. The van der Waals surface area contributed by atoms with E-state index in [9.17, 15) is 0 Å². The highest BCUT2D eigenvalue weighted by atomic mass is 32.1. The SMILES string of the molecule is CNCC1(Cc2cnc(C)s2)CCC1. The van der Waals surface area contributed by atoms with Gasteiger partial charge in [0.1, 0.15) is 0 Å². The highest BCUT2D eigenvalue weighted by Crippen LogP contribution is 2.43. The first-order valence-corrected chi connectivity index (χ1v) is 6.12. The summed E-state index contributed by atoms with van der Waals surface area (Å²) in [5.74, 6) is 0. The molecule has 2 nitrogen and oxygen atoms in total. The van der Waals surface area contributed by atoms with Gasteiger partial charge < -0.3 is 5.32 Å². The number of aromatic nitrogens is 1. The predicted octanol–water partition coefficient (Wildman–Crippen LogP) is 2.38. The second kappa shape index (κ2) is 3.99. The minimum Gasteiger partial charge on any atom is -0.319 e. The Balaban J connectivity index is 2.01. The molecule has 1 aromatic heterocycles. The summed E-state index contributed by atoms with van der Waals surface area (Å²) in [4.78, 5) is 5.77. The predicted molar refractivity (Wildman–Crippen MR) is 60.8 cm³/mol. The van der Waals surface area contributed by atoms with Crippen molar-refractivity contribution in [1.29, 1.82) is 0 Å². The Labute approximate surface area is 89.8 Å². The van der Waals surface area contributed by atoms with Gasteiger partial charge in [-0.25, -0.2) is 4.98 Å². The smallest absolute Gasteiger partial charge is 0.0896 e. The standard InChI is InChI=1S/C11H18N2S/c1-9-13-7-10(14-9)6-11(8-12-2)4-3-5-11/h7,12H,3-6,8H2,1-2H3. The molecule has 78 valence electrons. The molecule has 0 unspecified atom stereocenters. The Morgan fingerprint density at radius 1 is 1.57 bits per heavy atom. The molecule has 1 N–H and O–H groups in total. The number of hydrogen-bond donors (Lipinski definition) is 1. The first kappa shape index (κ1) is 10.1. The van der Waals surface area contributed by atoms with E-state index in [1.54, 1.807) is 0 Å². The maximum atomic E-state index is 4.32. The van der Waals surface area contributed by atoms with E-state index in [4.69, 9.17) is 0 Å². The fraction of sp³-hybridized carbons (Fsp3) is 0.727. The zero-order valence-electron chi connectivity index (χ0n) is 8.97. The van der Waals surface area contributed by atoms with E-state index in [2.05, 4.69) is 30.5 Å². The molecule has 0 spiro atoms. The van der Waals surface area contributed by atoms with Crippen LogP contribution < -0.4 is 5.32 Å². The zero-order valence-corrected chi connectivity index (χ0v) is 9.78. The van der Waals surface area contributed by atoms with Crippen LogP contribution in [-0.2, 0) is 6.42 Å². The lowest BCUT2D eigenvalue weighted by molar-refractivity contribution is 0.135. The van der Waals surface area contributed by atoms with Crippen molar-refractivity contribution in [3.8, 4) is 0 Å². The molecule has 1 aliphatic rings. The third kappa shape index (κ3) is 1.98. The molecule has 14 heavy (non-hydrogen) atoms. The van der Waals surface area contributed by atoms with E-state index in [1.165, 1.54) is 35.6 Å². The fourth-order valence-electron chi connectivity index (χ4n) is 2.32. The van der Waals surface area contributed by atoms with Crippen molar-refractivity contribution < 1.29 is 0 Å². The fourth-order valence-corrected chi connectivity index (χ4v) is 3.29. The van der Waals surface area contributed by atoms with Crippen LogP contribution in [0.4, 0.5) is 0 Å². The van der Waals surface area contributed by atoms with E-state index in [0.29, 0.717) is 5.41 Å². The van der Waals surface area contributed by atoms with Crippen LogP contribution >= 0.6 is 11.3 Å². The van der Waals surface area contributed by atoms with E-state index < -0.39 is 0 Å². The summed E-state index contributed by atoms with van der Waals surface area (Å²) in [6, 6.07) is 0. The molecule has 1 aromatic rings. The van der Waals surface area contributed by atoms with Crippen LogP contribution in [0.2, 0.25) is 0 Å². The molecule has 3 heteroatoms. The molecule has 1 fully saturated rings. The van der Waals surface area contributed by atoms with Gasteiger partial charge in [-0.2, -0.15) is 0 Å². The lowest BCUT2D eigenvalue weighted by Crippen LogP contribution is -2.40. The number of nitrogens with zero attached hydrogens (tertiary/aromatic N) is 1. The quantitative estimate of drug-likeness (QED) is 0.825. The molecule has 1 saturated carbocycles. The maximum absolute atomic E-state index is 4.32. The van der Waals surface area contributed by atoms with Crippen LogP contribution in [0.1, 0.15) is 29.1 Å². The number of aryl methyl sites for hydroxylation is 1. The second-order valence-corrected chi connectivity index (χ2v) is 5.73. The molecule has 2 rings (SSSR count). The molecule has 1 aliphatic carbocycles. The van der Waals surface area contributed by atoms with Gasteiger partial charge in [0, 0.05) is 17.6 Å². The van der Waals surface area contributed by atoms with Crippen LogP contribution in [0.25, 0.3) is 0 Å². The van der Waals surface area contributed by atoms with E-state index in [0.717, 1.165) is 6.54 Å². The van der Waals surface area contributed by atoms with E-state index >= 15 is 0 Å². The average Bonchev–Trinajstić information content (AvgIpc) is 2.48. The molecular formula is C11H18N2S. The van der Waals surface area contributed by atoms with E-state index in [1.807, 2.05) is 11.3 Å². The second-order valence-electron chi connectivity index (χ2n) is 4.41. The van der Waals surface area contributed by atoms with Crippen molar-refractivity contribution >= 4 is 11.3 Å². The number of rotatable bonds is 4. The Hall–Kier alpha value is -0.410. The number of nitrogens with one attached hydrogen (secondary N) is 1. The van der Waals surface area contributed by atoms with Gasteiger partial charge in [-0.15, -0.1) is 11.3 Å². The van der Waals surface area contributed by atoms with Gasteiger partial charge in [-0.05, 0) is 38.6 Å². The highest BCUT2D eigenvalue weighted by molar-refractivity contribution is 7.11. The van der Waals surface area contributed by atoms with Crippen molar-refractivity contribution in [2.45, 2.75) is 32.6 Å². The third-order valence-electron chi connectivity index (χ3n) is 3.18. The summed E-state index contributed by atoms with van der Waals surface area (Å²) in [6.07, 6.45) is 7.43. The van der Waals surface area contributed by atoms with Gasteiger partial charge in [0.05, 0.1) is 5.01 Å². The first-order chi connectivity index (χ1) is 6.74. The molecule has 0 bridgehead atoms. The van der Waals surface area contributed by atoms with Gasteiger partial charge in [-0.3, -0.25) is 0 Å². The summed E-state index contributed by atoms with van der Waals surface area (Å²) in [6.45, 7) is 3.24. The van der Waals surface area contributed by atoms with Gasteiger partial charge in [0.25, 0.3) is 0 Å². The lowest BCUT2D eigenvalue weighted by Gasteiger charge is -2.41. The average molecular weight is 210 g/mol. The monoisotopic (exact) mass is 210 g/mol. The normalized spacial score (nSPS) is 19.3. The van der Waals surface area contributed by atoms with Gasteiger partial charge in [0.15, 0.2) is 0 Å². The zero-order chi connectivity index (χ0) is 10.0. The largest absolute Gasteiger partial charge is 0.319 e. The molecule has 0 atom stereocenters. The van der Waals surface area contributed by atoms with Crippen LogP contribution in [0.15, 0.2) is 6.20 Å². The van der Waals surface area contributed by atoms with Crippen molar-refractivity contribution in [3.05, 3.63) is 16.1 Å². The molecule has 0 radical (unpaired) electrons. The Kier molecular flexibility index (Phi) is 2.88. The molecular weight excluding hydrogens is 192 g/mol. The molecule has 0 aromatic carbocycles. The topological polar surface area (TPSA) is 24.9 Å². The van der Waals surface area contributed by atoms with Crippen molar-refractivity contribution in [3.63, 3.8) is 0 Å². The highest BCUT2D eigenvalue weighted by Gasteiger charge is 2.36. The Bertz CT molecular complexity index is 302. The van der Waals surface area contributed by atoms with Gasteiger partial charge in [0.2, 0.25) is 0 Å². The first-order valence-electron chi connectivity index (χ1n) is 5.30. The van der Waals surface area contributed by atoms with Crippen molar-refractivity contribution in [2.75, 3.05) is 13.6 Å². The van der Waals surface area contributed by atoms with E-state index in [-0.39, 0.29) is 0 Å². The van der Waals surface area contributed by atoms with Crippen molar-refractivity contribution in [1.82, 2.24) is 10.3 Å². The lowest BCUT2D eigenvalue weighted by atomic mass is 9.66. The van der Waals surface area contributed by atoms with Gasteiger partial charge >= 0.3 is 0 Å². The Morgan fingerprint density at radius 3 is 2.79 bits per heavy atom. The van der Waals surface area contributed by atoms with Gasteiger partial charge in [-0.1, -0.05) is 6.42 Å². The minimum absolute atomic E-state index is 0.549. The number of hydrogen-bond acceptors (Lipinski definition) is 3. The third-order valence-corrected chi connectivity index (χ3v) is 4.10. The molecule has 0 aliphatic heterocycles. The molecule has 0 amide bonds. The van der Waals surface area contributed by atoms with Crippen LogP contribution in [-0.4, -0.2) is 18.6 Å². The minimum atomic E-state index is 0.549. The Morgan fingerprint density at radius 2 is 2.36 bits per heavy atom. The molecule has 1 heterocycles. The maximum Gasteiger partial charge on any atom is 0.0896 e. The van der Waals surface area contributed by atoms with Crippen molar-refractivity contribution in [2.24, 2.45) is 5.41 Å².